The van der Waals surface area contributed by atoms with E-state index in [0.717, 1.165) is 0 Å². The maximum absolute atomic E-state index is 10.7. The number of hydrogen-bond acceptors (Lipinski definition) is 5. The van der Waals surface area contributed by atoms with Gasteiger partial charge in [-0.1, -0.05) is 6.58 Å². The van der Waals surface area contributed by atoms with E-state index in [-0.39, 0.29) is 13.0 Å². The summed E-state index contributed by atoms with van der Waals surface area (Å²) in [6.45, 7) is 5.10. The lowest BCUT2D eigenvalue weighted by Crippen LogP contribution is -2.21. The molecule has 0 radical (unpaired) electrons. The predicted octanol–water partition coefficient (Wildman–Crippen LogP) is 1.41. The Morgan fingerprint density at radius 3 is 2.11 bits per heavy atom. The normalized spacial score (nSPS) is 10.7. The lowest BCUT2D eigenvalue weighted by Gasteiger charge is -1.98. The number of carbonyl (C=O) groups is 1. The van der Waals surface area contributed by atoms with Crippen molar-refractivity contribution in [2.75, 3.05) is 6.61 Å². The van der Waals surface area contributed by atoms with Crippen LogP contribution in [0.4, 0.5) is 13.2 Å². The molecule has 104 valence electrons. The molecule has 0 saturated carbocycles. The van der Waals surface area contributed by atoms with Gasteiger partial charge in [-0.2, -0.15) is 26.9 Å². The number of hydrogen-bond donors (Lipinski definition) is 1. The molecule has 0 aromatic rings. The maximum Gasteiger partial charge on any atom is 0.522 e. The van der Waals surface area contributed by atoms with Crippen LogP contribution in [-0.4, -0.2) is 31.1 Å². The number of carbonyl (C=O) groups excluding carboxylic acids is 1. The maximum atomic E-state index is 10.7. The lowest BCUT2D eigenvalue weighted by atomic mass is 10.4. The van der Waals surface area contributed by atoms with Gasteiger partial charge in [-0.05, 0) is 6.92 Å². The molecule has 0 aromatic carbocycles. The van der Waals surface area contributed by atoms with Gasteiger partial charge in [-0.25, -0.2) is 4.79 Å². The van der Waals surface area contributed by atoms with Gasteiger partial charge in [-0.3, -0.25) is 4.55 Å². The second-order valence-corrected chi connectivity index (χ2v) is 4.16. The Balaban J connectivity index is 0. The summed E-state index contributed by atoms with van der Waals surface area (Å²) in [5, 5.41) is 8.05. The lowest BCUT2D eigenvalue weighted by molar-refractivity contribution is -0.138. The van der Waals surface area contributed by atoms with Crippen molar-refractivity contribution in [2.24, 2.45) is 0 Å². The average molecular weight is 289 g/mol. The van der Waals surface area contributed by atoms with Gasteiger partial charge in [0.1, 0.15) is 6.61 Å². The highest BCUT2D eigenvalue weighted by molar-refractivity contribution is 7.86. The van der Waals surface area contributed by atoms with Gasteiger partial charge < -0.3 is 4.74 Å². The highest BCUT2D eigenvalue weighted by Crippen LogP contribution is 2.20. The smallest absolute Gasteiger partial charge is 0.461 e. The Morgan fingerprint density at radius 1 is 1.50 bits per heavy atom. The summed E-state index contributed by atoms with van der Waals surface area (Å²) >= 11 is 0. The molecule has 0 aliphatic heterocycles. The zero-order valence-electron chi connectivity index (χ0n) is 9.19. The first-order valence-electron chi connectivity index (χ1n) is 4.16. The second-order valence-electron chi connectivity index (χ2n) is 2.75. The summed E-state index contributed by atoms with van der Waals surface area (Å²) in [5.41, 5.74) is -5.18. The van der Waals surface area contributed by atoms with Crippen LogP contribution in [-0.2, 0) is 19.6 Å². The van der Waals surface area contributed by atoms with Crippen molar-refractivity contribution in [2.45, 2.75) is 18.9 Å². The number of halogens is 3. The number of nitrogens with zero attached hydrogens (tertiary/aromatic N) is 1. The standard InChI is InChI=1S/C7H9NO2.CHF3O3S/c1-6(2)7(9)10-5-3-4-8;2-1(3,4)8(5,6)7/h1,3,5H2,2H3;(H,5,6,7). The third kappa shape index (κ3) is 9.61. The van der Waals surface area contributed by atoms with E-state index in [1.807, 2.05) is 6.07 Å². The highest BCUT2D eigenvalue weighted by atomic mass is 32.2. The second kappa shape index (κ2) is 7.67. The largest absolute Gasteiger partial charge is 0.522 e. The van der Waals surface area contributed by atoms with Crippen LogP contribution in [0.1, 0.15) is 13.3 Å². The Bertz CT molecular complexity index is 435. The highest BCUT2D eigenvalue weighted by Gasteiger charge is 2.44. The summed E-state index contributed by atoms with van der Waals surface area (Å²) in [6, 6.07) is 1.86. The summed E-state index contributed by atoms with van der Waals surface area (Å²) in [4.78, 5) is 10.6. The van der Waals surface area contributed by atoms with Crippen LogP contribution < -0.4 is 0 Å². The van der Waals surface area contributed by atoms with Crippen LogP contribution >= 0.6 is 0 Å². The van der Waals surface area contributed by atoms with Crippen LogP contribution in [0.5, 0.6) is 0 Å². The monoisotopic (exact) mass is 289 g/mol. The molecule has 0 spiro atoms. The Labute approximate surface area is 101 Å². The SMILES string of the molecule is C=C(C)C(=O)OCCC#N.O=S(=O)(O)C(F)(F)F. The zero-order valence-corrected chi connectivity index (χ0v) is 10.0. The van der Waals surface area contributed by atoms with E-state index >= 15 is 0 Å². The minimum Gasteiger partial charge on any atom is -0.461 e. The van der Waals surface area contributed by atoms with Crippen molar-refractivity contribution >= 4 is 16.1 Å². The van der Waals surface area contributed by atoms with Crippen LogP contribution in [0.25, 0.3) is 0 Å². The van der Waals surface area contributed by atoms with Gasteiger partial charge in [0, 0.05) is 5.57 Å². The molecule has 0 aliphatic carbocycles. The van der Waals surface area contributed by atoms with E-state index in [2.05, 4.69) is 11.3 Å². The Hall–Kier alpha value is -1.60. The van der Waals surface area contributed by atoms with Crippen LogP contribution in [0, 0.1) is 11.3 Å². The van der Waals surface area contributed by atoms with Crippen LogP contribution in [0.15, 0.2) is 12.2 Å². The molecule has 0 heterocycles. The van der Waals surface area contributed by atoms with E-state index in [9.17, 15) is 18.0 Å². The van der Waals surface area contributed by atoms with E-state index in [0.29, 0.717) is 5.57 Å². The first kappa shape index (κ1) is 18.8. The molecule has 0 unspecified atom stereocenters. The molecular formula is C8H10F3NO5S. The number of alkyl halides is 3. The Kier molecular flexibility index (Phi) is 8.00. The molecule has 0 amide bonds. The minimum atomic E-state index is -5.84. The first-order chi connectivity index (χ1) is 7.93. The molecule has 0 atom stereocenters. The fourth-order valence-electron chi connectivity index (χ4n) is 0.313. The molecule has 0 aromatic heterocycles. The molecule has 0 saturated heterocycles. The molecule has 10 heteroatoms. The van der Waals surface area contributed by atoms with Gasteiger partial charge >= 0.3 is 21.6 Å². The minimum absolute atomic E-state index is 0.155. The van der Waals surface area contributed by atoms with Crippen molar-refractivity contribution in [3.8, 4) is 6.07 Å². The summed E-state index contributed by atoms with van der Waals surface area (Å²) < 4.78 is 62.1. The molecule has 0 aliphatic rings. The van der Waals surface area contributed by atoms with Gasteiger partial charge in [0.25, 0.3) is 0 Å². The summed E-state index contributed by atoms with van der Waals surface area (Å²) in [7, 11) is -5.84. The molecule has 1 N–H and O–H groups in total. The summed E-state index contributed by atoms with van der Waals surface area (Å²) in [6.07, 6.45) is 0.235. The van der Waals surface area contributed by atoms with E-state index in [4.69, 9.17) is 18.2 Å². The number of ether oxygens (including phenoxy) is 1. The van der Waals surface area contributed by atoms with Gasteiger partial charge in [0.05, 0.1) is 12.5 Å². The van der Waals surface area contributed by atoms with Gasteiger partial charge in [0.2, 0.25) is 0 Å². The first-order valence-corrected chi connectivity index (χ1v) is 5.60. The van der Waals surface area contributed by atoms with E-state index < -0.39 is 21.6 Å². The van der Waals surface area contributed by atoms with E-state index in [1.165, 1.54) is 0 Å². The molecule has 0 fully saturated rings. The van der Waals surface area contributed by atoms with Crippen molar-refractivity contribution in [3.63, 3.8) is 0 Å². The third-order valence-corrected chi connectivity index (χ3v) is 1.67. The van der Waals surface area contributed by atoms with Crippen molar-refractivity contribution in [1.82, 2.24) is 0 Å². The quantitative estimate of drug-likeness (QED) is 0.277. The predicted molar refractivity (Wildman–Crippen MR) is 53.6 cm³/mol. The van der Waals surface area contributed by atoms with Crippen molar-refractivity contribution in [1.29, 1.82) is 5.26 Å². The molecule has 0 rings (SSSR count). The van der Waals surface area contributed by atoms with E-state index in [1.54, 1.807) is 6.92 Å². The average Bonchev–Trinajstić information content (AvgIpc) is 2.15. The number of esters is 1. The van der Waals surface area contributed by atoms with Crippen LogP contribution in [0.3, 0.4) is 0 Å². The fraction of sp³-hybridized carbons (Fsp3) is 0.500. The Morgan fingerprint density at radius 2 is 1.89 bits per heavy atom. The van der Waals surface area contributed by atoms with Crippen molar-refractivity contribution < 1.29 is 35.7 Å². The summed E-state index contributed by atoms with van der Waals surface area (Å²) in [5.74, 6) is -0.435. The number of rotatable bonds is 3. The molecule has 18 heavy (non-hydrogen) atoms. The molecule has 6 nitrogen and oxygen atoms in total. The zero-order chi connectivity index (χ0) is 15.0. The topological polar surface area (TPSA) is 104 Å². The van der Waals surface area contributed by atoms with Crippen molar-refractivity contribution in [3.05, 3.63) is 12.2 Å². The van der Waals surface area contributed by atoms with Crippen LogP contribution in [0.2, 0.25) is 0 Å². The third-order valence-electron chi connectivity index (χ3n) is 1.09. The molecule has 0 bridgehead atoms. The van der Waals surface area contributed by atoms with Gasteiger partial charge in [0.15, 0.2) is 0 Å². The number of nitriles is 1. The molecular weight excluding hydrogens is 279 g/mol. The fourth-order valence-corrected chi connectivity index (χ4v) is 0.313. The van der Waals surface area contributed by atoms with Gasteiger partial charge in [-0.15, -0.1) is 0 Å².